The number of hydrogen-bond donors (Lipinski definition) is 0. The maximum atomic E-state index is 13.1. The Hall–Kier alpha value is -4.15. The van der Waals surface area contributed by atoms with Crippen LogP contribution in [0.3, 0.4) is 0 Å². The van der Waals surface area contributed by atoms with Crippen molar-refractivity contribution in [2.75, 3.05) is 26.2 Å². The highest BCUT2D eigenvalue weighted by molar-refractivity contribution is 5.99. The number of aryl methyl sites for hydroxylation is 1. The molecule has 0 saturated carbocycles. The van der Waals surface area contributed by atoms with Crippen LogP contribution in [0.4, 0.5) is 0 Å². The van der Waals surface area contributed by atoms with E-state index >= 15 is 0 Å². The van der Waals surface area contributed by atoms with E-state index in [0.717, 1.165) is 43.6 Å². The van der Waals surface area contributed by atoms with Crippen molar-refractivity contribution in [3.05, 3.63) is 100 Å². The molecule has 210 valence electrons. The summed E-state index contributed by atoms with van der Waals surface area (Å²) in [5, 5.41) is 8.97. The van der Waals surface area contributed by atoms with Crippen LogP contribution in [0.5, 0.6) is 0 Å². The molecule has 7 heteroatoms. The van der Waals surface area contributed by atoms with E-state index < -0.39 is 0 Å². The van der Waals surface area contributed by atoms with Crippen LogP contribution >= 0.6 is 0 Å². The zero-order valence-electron chi connectivity index (χ0n) is 23.6. The summed E-state index contributed by atoms with van der Waals surface area (Å²) in [6, 6.07) is 20.9. The SMILES string of the molecule is Cc1ccc(C(=O)C2CCN(C(=O)c3ccc(C(=O)CC4CCN(Cc5ccc(C#N)cc5)CC4)cn3)CC2)cc1. The molecule has 1 aromatic heterocycles. The first-order chi connectivity index (χ1) is 19.9. The fraction of sp³-hybridized carbons (Fsp3) is 0.382. The van der Waals surface area contributed by atoms with E-state index in [1.54, 1.807) is 17.0 Å². The molecular weight excluding hydrogens is 512 g/mol. The molecule has 2 aliphatic rings. The monoisotopic (exact) mass is 548 g/mol. The van der Waals surface area contributed by atoms with Crippen LogP contribution in [0.25, 0.3) is 0 Å². The summed E-state index contributed by atoms with van der Waals surface area (Å²) in [6.45, 7) is 5.78. The first kappa shape index (κ1) is 28.4. The molecule has 2 saturated heterocycles. The first-order valence-corrected chi connectivity index (χ1v) is 14.5. The van der Waals surface area contributed by atoms with E-state index in [0.29, 0.717) is 55.1 Å². The minimum Gasteiger partial charge on any atom is -0.337 e. The molecule has 2 aliphatic heterocycles. The lowest BCUT2D eigenvalue weighted by Gasteiger charge is -2.31. The number of ketones is 2. The molecule has 0 atom stereocenters. The number of aromatic nitrogens is 1. The molecule has 0 radical (unpaired) electrons. The quantitative estimate of drug-likeness (QED) is 0.346. The van der Waals surface area contributed by atoms with Crippen LogP contribution in [0, 0.1) is 30.1 Å². The van der Waals surface area contributed by atoms with E-state index in [-0.39, 0.29) is 23.4 Å². The van der Waals surface area contributed by atoms with Gasteiger partial charge in [-0.3, -0.25) is 24.3 Å². The van der Waals surface area contributed by atoms with Gasteiger partial charge in [0.25, 0.3) is 5.91 Å². The lowest BCUT2D eigenvalue weighted by molar-refractivity contribution is 0.0645. The Kier molecular flexibility index (Phi) is 9.01. The van der Waals surface area contributed by atoms with Crippen LogP contribution in [-0.4, -0.2) is 58.4 Å². The molecule has 5 rings (SSSR count). The van der Waals surface area contributed by atoms with Crippen LogP contribution < -0.4 is 0 Å². The number of rotatable bonds is 8. The smallest absolute Gasteiger partial charge is 0.272 e. The number of piperidine rings is 2. The van der Waals surface area contributed by atoms with E-state index in [9.17, 15) is 14.4 Å². The molecule has 1 amide bonds. The number of nitriles is 1. The zero-order chi connectivity index (χ0) is 28.8. The van der Waals surface area contributed by atoms with Crippen molar-refractivity contribution in [2.45, 2.75) is 45.6 Å². The van der Waals surface area contributed by atoms with Gasteiger partial charge in [0, 0.05) is 49.3 Å². The Bertz CT molecular complexity index is 1410. The molecule has 0 aliphatic carbocycles. The van der Waals surface area contributed by atoms with Crippen molar-refractivity contribution in [1.82, 2.24) is 14.8 Å². The Morgan fingerprint density at radius 2 is 1.51 bits per heavy atom. The summed E-state index contributed by atoms with van der Waals surface area (Å²) >= 11 is 0. The molecule has 7 nitrogen and oxygen atoms in total. The number of amides is 1. The Balaban J connectivity index is 1.07. The number of pyridine rings is 1. The van der Waals surface area contributed by atoms with Crippen molar-refractivity contribution in [2.24, 2.45) is 11.8 Å². The second-order valence-corrected chi connectivity index (χ2v) is 11.4. The van der Waals surface area contributed by atoms with E-state index in [1.165, 1.54) is 11.8 Å². The molecule has 2 fully saturated rings. The number of Topliss-reactive ketones (excluding diaryl/α,β-unsaturated/α-hetero) is 2. The van der Waals surface area contributed by atoms with Crippen molar-refractivity contribution < 1.29 is 14.4 Å². The van der Waals surface area contributed by atoms with E-state index in [4.69, 9.17) is 5.26 Å². The molecule has 2 aromatic carbocycles. The highest BCUT2D eigenvalue weighted by atomic mass is 16.2. The Morgan fingerprint density at radius 3 is 2.12 bits per heavy atom. The molecule has 3 aromatic rings. The average Bonchev–Trinajstić information content (AvgIpc) is 3.02. The minimum atomic E-state index is -0.153. The van der Waals surface area contributed by atoms with Gasteiger partial charge >= 0.3 is 0 Å². The summed E-state index contributed by atoms with van der Waals surface area (Å²) in [4.78, 5) is 47.4. The molecule has 0 spiro atoms. The number of benzene rings is 2. The van der Waals surface area contributed by atoms with Crippen molar-refractivity contribution in [3.63, 3.8) is 0 Å². The van der Waals surface area contributed by atoms with Crippen LogP contribution in [-0.2, 0) is 6.54 Å². The molecule has 0 bridgehead atoms. The Labute approximate surface area is 241 Å². The normalized spacial score (nSPS) is 16.7. The van der Waals surface area contributed by atoms with E-state index in [1.807, 2.05) is 55.5 Å². The van der Waals surface area contributed by atoms with Gasteiger partial charge in [-0.25, -0.2) is 0 Å². The standard InChI is InChI=1S/C34H36N4O3/c1-24-2-8-28(9-3-24)33(40)29-14-18-38(19-15-29)34(41)31-11-10-30(22-36-31)32(39)20-25-12-16-37(17-13-25)23-27-6-4-26(21-35)5-7-27/h2-11,22,25,29H,12-20,23H2,1H3. The van der Waals surface area contributed by atoms with Crippen LogP contribution in [0.1, 0.15) is 80.0 Å². The van der Waals surface area contributed by atoms with Gasteiger partial charge in [-0.15, -0.1) is 0 Å². The number of nitrogens with zero attached hydrogens (tertiary/aromatic N) is 4. The average molecular weight is 549 g/mol. The van der Waals surface area contributed by atoms with Gasteiger partial charge in [-0.05, 0) is 81.4 Å². The highest BCUT2D eigenvalue weighted by Crippen LogP contribution is 2.25. The van der Waals surface area contributed by atoms with Crippen molar-refractivity contribution in [1.29, 1.82) is 5.26 Å². The van der Waals surface area contributed by atoms with Crippen molar-refractivity contribution >= 4 is 17.5 Å². The van der Waals surface area contributed by atoms with Crippen LogP contribution in [0.2, 0.25) is 0 Å². The molecule has 3 heterocycles. The zero-order valence-corrected chi connectivity index (χ0v) is 23.6. The Morgan fingerprint density at radius 1 is 0.854 bits per heavy atom. The van der Waals surface area contributed by atoms with Gasteiger partial charge in [0.2, 0.25) is 0 Å². The molecular formula is C34H36N4O3. The largest absolute Gasteiger partial charge is 0.337 e. The molecule has 0 N–H and O–H groups in total. The molecule has 0 unspecified atom stereocenters. The number of hydrogen-bond acceptors (Lipinski definition) is 6. The summed E-state index contributed by atoms with van der Waals surface area (Å²) in [5.74, 6) is 0.329. The maximum absolute atomic E-state index is 13.1. The van der Waals surface area contributed by atoms with Gasteiger partial charge in [0.05, 0.1) is 11.6 Å². The summed E-state index contributed by atoms with van der Waals surface area (Å²) in [5.41, 5.74) is 4.60. The van der Waals surface area contributed by atoms with E-state index in [2.05, 4.69) is 16.0 Å². The van der Waals surface area contributed by atoms with Gasteiger partial charge < -0.3 is 4.90 Å². The third-order valence-electron chi connectivity index (χ3n) is 8.46. The first-order valence-electron chi connectivity index (χ1n) is 14.5. The fourth-order valence-electron chi connectivity index (χ4n) is 5.82. The maximum Gasteiger partial charge on any atom is 0.272 e. The number of carbonyl (C=O) groups excluding carboxylic acids is 3. The highest BCUT2D eigenvalue weighted by Gasteiger charge is 2.29. The van der Waals surface area contributed by atoms with Gasteiger partial charge in [-0.2, -0.15) is 5.26 Å². The number of carbonyl (C=O) groups is 3. The van der Waals surface area contributed by atoms with Gasteiger partial charge in [0.15, 0.2) is 11.6 Å². The lowest BCUT2D eigenvalue weighted by atomic mass is 9.88. The van der Waals surface area contributed by atoms with Gasteiger partial charge in [0.1, 0.15) is 5.69 Å². The second-order valence-electron chi connectivity index (χ2n) is 11.4. The predicted molar refractivity (Wildman–Crippen MR) is 156 cm³/mol. The third-order valence-corrected chi connectivity index (χ3v) is 8.46. The lowest BCUT2D eigenvalue weighted by Crippen LogP contribution is -2.40. The minimum absolute atomic E-state index is 0.0671. The summed E-state index contributed by atoms with van der Waals surface area (Å²) < 4.78 is 0. The number of likely N-dealkylation sites (tertiary alicyclic amines) is 2. The van der Waals surface area contributed by atoms with Gasteiger partial charge in [-0.1, -0.05) is 42.0 Å². The topological polar surface area (TPSA) is 94.4 Å². The van der Waals surface area contributed by atoms with Crippen molar-refractivity contribution in [3.8, 4) is 6.07 Å². The predicted octanol–water partition coefficient (Wildman–Crippen LogP) is 5.48. The fourth-order valence-corrected chi connectivity index (χ4v) is 5.82. The van der Waals surface area contributed by atoms with Crippen LogP contribution in [0.15, 0.2) is 66.9 Å². The molecule has 41 heavy (non-hydrogen) atoms. The third kappa shape index (κ3) is 7.14. The second kappa shape index (κ2) is 13.0. The summed E-state index contributed by atoms with van der Waals surface area (Å²) in [7, 11) is 0. The summed E-state index contributed by atoms with van der Waals surface area (Å²) in [6.07, 6.45) is 5.23.